The first-order chi connectivity index (χ1) is 10.2. The number of rotatable bonds is 6. The fraction of sp³-hybridized carbons (Fsp3) is 0.625. The third-order valence-electron chi connectivity index (χ3n) is 4.44. The summed E-state index contributed by atoms with van der Waals surface area (Å²) in [5, 5.41) is 14.5. The lowest BCUT2D eigenvalue weighted by Gasteiger charge is -2.30. The van der Waals surface area contributed by atoms with Gasteiger partial charge < -0.3 is 5.32 Å². The van der Waals surface area contributed by atoms with Gasteiger partial charge in [-0.1, -0.05) is 18.6 Å². The maximum absolute atomic E-state index is 10.9. The van der Waals surface area contributed by atoms with E-state index >= 15 is 0 Å². The van der Waals surface area contributed by atoms with Crippen molar-refractivity contribution in [3.05, 3.63) is 39.9 Å². The summed E-state index contributed by atoms with van der Waals surface area (Å²) in [5.74, 6) is 0. The van der Waals surface area contributed by atoms with Crippen LogP contribution in [-0.4, -0.2) is 35.0 Å². The molecule has 0 amide bonds. The van der Waals surface area contributed by atoms with Gasteiger partial charge >= 0.3 is 0 Å². The van der Waals surface area contributed by atoms with E-state index in [1.165, 1.54) is 32.1 Å². The Kier molecular flexibility index (Phi) is 4.51. The minimum Gasteiger partial charge on any atom is -0.313 e. The average Bonchev–Trinajstić information content (AvgIpc) is 3.33. The molecular weight excluding hydrogens is 266 g/mol. The van der Waals surface area contributed by atoms with E-state index in [0.29, 0.717) is 12.1 Å². The van der Waals surface area contributed by atoms with E-state index in [-0.39, 0.29) is 10.6 Å². The van der Waals surface area contributed by atoms with E-state index < -0.39 is 0 Å². The molecule has 3 rings (SSSR count). The lowest BCUT2D eigenvalue weighted by atomic mass is 10.0. The van der Waals surface area contributed by atoms with Crippen molar-refractivity contribution in [1.82, 2.24) is 10.2 Å². The third kappa shape index (κ3) is 4.02. The summed E-state index contributed by atoms with van der Waals surface area (Å²) in [7, 11) is 0. The first-order valence-electron chi connectivity index (χ1n) is 7.93. The molecular formula is C16H23N3O2. The summed E-state index contributed by atoms with van der Waals surface area (Å²) in [6.07, 6.45) is 6.37. The monoisotopic (exact) mass is 289 g/mol. The van der Waals surface area contributed by atoms with Crippen LogP contribution >= 0.6 is 0 Å². The van der Waals surface area contributed by atoms with Gasteiger partial charge in [0.2, 0.25) is 0 Å². The van der Waals surface area contributed by atoms with Crippen LogP contribution in [0.5, 0.6) is 0 Å². The number of nitrogens with zero attached hydrogens (tertiary/aromatic N) is 2. The smallest absolute Gasteiger partial charge is 0.269 e. The second kappa shape index (κ2) is 6.54. The second-order valence-electron chi connectivity index (χ2n) is 6.23. The molecule has 1 N–H and O–H groups in total. The lowest BCUT2D eigenvalue weighted by molar-refractivity contribution is -0.384. The molecule has 1 aliphatic carbocycles. The molecule has 21 heavy (non-hydrogen) atoms. The Hall–Kier alpha value is -1.46. The van der Waals surface area contributed by atoms with Crippen molar-refractivity contribution in [2.75, 3.05) is 13.1 Å². The largest absolute Gasteiger partial charge is 0.313 e. The van der Waals surface area contributed by atoms with Gasteiger partial charge in [-0.15, -0.1) is 0 Å². The van der Waals surface area contributed by atoms with Gasteiger partial charge in [-0.05, 0) is 37.8 Å². The number of hydrogen-bond donors (Lipinski definition) is 1. The van der Waals surface area contributed by atoms with Crippen LogP contribution in [0.15, 0.2) is 24.3 Å². The summed E-state index contributed by atoms with van der Waals surface area (Å²) in [5.41, 5.74) is 1.24. The molecule has 1 saturated carbocycles. The van der Waals surface area contributed by atoms with E-state index in [0.717, 1.165) is 25.2 Å². The molecule has 1 unspecified atom stereocenters. The molecule has 114 valence electrons. The van der Waals surface area contributed by atoms with Gasteiger partial charge in [0.15, 0.2) is 0 Å². The summed E-state index contributed by atoms with van der Waals surface area (Å²) in [6.45, 7) is 3.01. The van der Waals surface area contributed by atoms with E-state index in [2.05, 4.69) is 10.2 Å². The summed E-state index contributed by atoms with van der Waals surface area (Å²) < 4.78 is 0. The van der Waals surface area contributed by atoms with Crippen LogP contribution in [-0.2, 0) is 6.54 Å². The normalized spacial score (nSPS) is 22.4. The molecule has 1 aromatic carbocycles. The number of nitrogens with one attached hydrogen (secondary N) is 1. The van der Waals surface area contributed by atoms with E-state index in [4.69, 9.17) is 0 Å². The first-order valence-corrected chi connectivity index (χ1v) is 7.93. The summed E-state index contributed by atoms with van der Waals surface area (Å²) in [4.78, 5) is 13.1. The first kappa shape index (κ1) is 14.5. The van der Waals surface area contributed by atoms with Gasteiger partial charge in [0.1, 0.15) is 0 Å². The van der Waals surface area contributed by atoms with Crippen LogP contribution in [0, 0.1) is 10.1 Å². The molecule has 0 aromatic heterocycles. The highest BCUT2D eigenvalue weighted by atomic mass is 16.6. The highest BCUT2D eigenvalue weighted by molar-refractivity contribution is 5.34. The number of non-ortho nitro benzene ring substituents is 1. The fourth-order valence-corrected chi connectivity index (χ4v) is 3.15. The van der Waals surface area contributed by atoms with Crippen LogP contribution in [0.2, 0.25) is 0 Å². The van der Waals surface area contributed by atoms with Gasteiger partial charge in [0.05, 0.1) is 4.92 Å². The van der Waals surface area contributed by atoms with Crippen LogP contribution in [0.3, 0.4) is 0 Å². The standard InChI is InChI=1S/C16H23N3O2/c20-19(21)16-6-3-4-13(10-16)11-18(15-7-8-15)12-14-5-1-2-9-17-14/h3-4,6,10,14-15,17H,1-2,5,7-9,11-12H2. The Morgan fingerprint density at radius 2 is 2.14 bits per heavy atom. The van der Waals surface area contributed by atoms with Crippen LogP contribution < -0.4 is 5.32 Å². The molecule has 2 aliphatic rings. The van der Waals surface area contributed by atoms with Gasteiger partial charge in [-0.3, -0.25) is 15.0 Å². The molecule has 1 atom stereocenters. The predicted octanol–water partition coefficient (Wildman–Crippen LogP) is 2.70. The molecule has 2 fully saturated rings. The molecule has 0 radical (unpaired) electrons. The Balaban J connectivity index is 1.64. The Labute approximate surface area is 125 Å². The van der Waals surface area contributed by atoms with Gasteiger partial charge in [0, 0.05) is 37.3 Å². The predicted molar refractivity (Wildman–Crippen MR) is 82.2 cm³/mol. The van der Waals surface area contributed by atoms with E-state index in [1.807, 2.05) is 6.07 Å². The highest BCUT2D eigenvalue weighted by Gasteiger charge is 2.31. The number of piperidine rings is 1. The molecule has 5 heteroatoms. The van der Waals surface area contributed by atoms with Crippen molar-refractivity contribution in [3.63, 3.8) is 0 Å². The summed E-state index contributed by atoms with van der Waals surface area (Å²) >= 11 is 0. The van der Waals surface area contributed by atoms with Crippen molar-refractivity contribution in [2.45, 2.75) is 50.7 Å². The quantitative estimate of drug-likeness (QED) is 0.646. The zero-order valence-corrected chi connectivity index (χ0v) is 12.3. The van der Waals surface area contributed by atoms with Gasteiger partial charge in [-0.25, -0.2) is 0 Å². The minimum absolute atomic E-state index is 0.194. The molecule has 0 spiro atoms. The molecule has 1 aliphatic heterocycles. The van der Waals surface area contributed by atoms with Crippen LogP contribution in [0.1, 0.15) is 37.7 Å². The number of nitro benzene ring substituents is 1. The Morgan fingerprint density at radius 3 is 2.81 bits per heavy atom. The molecule has 5 nitrogen and oxygen atoms in total. The topological polar surface area (TPSA) is 58.4 Å². The number of hydrogen-bond acceptors (Lipinski definition) is 4. The van der Waals surface area contributed by atoms with Gasteiger partial charge in [-0.2, -0.15) is 0 Å². The molecule has 1 heterocycles. The molecule has 1 aromatic rings. The fourth-order valence-electron chi connectivity index (χ4n) is 3.15. The highest BCUT2D eigenvalue weighted by Crippen LogP contribution is 2.29. The zero-order valence-electron chi connectivity index (χ0n) is 12.3. The zero-order chi connectivity index (χ0) is 14.7. The number of benzene rings is 1. The van der Waals surface area contributed by atoms with E-state index in [1.54, 1.807) is 18.2 Å². The van der Waals surface area contributed by atoms with Crippen LogP contribution in [0.4, 0.5) is 5.69 Å². The maximum atomic E-state index is 10.9. The molecule has 1 saturated heterocycles. The Morgan fingerprint density at radius 1 is 1.29 bits per heavy atom. The van der Waals surface area contributed by atoms with Crippen LogP contribution in [0.25, 0.3) is 0 Å². The minimum atomic E-state index is -0.312. The summed E-state index contributed by atoms with van der Waals surface area (Å²) in [6, 6.07) is 8.32. The molecule has 0 bridgehead atoms. The van der Waals surface area contributed by atoms with Crippen molar-refractivity contribution in [2.24, 2.45) is 0 Å². The Bertz CT molecular complexity index is 496. The second-order valence-corrected chi connectivity index (χ2v) is 6.23. The van der Waals surface area contributed by atoms with Crippen molar-refractivity contribution < 1.29 is 4.92 Å². The SMILES string of the molecule is O=[N+]([O-])c1cccc(CN(CC2CCCCN2)C2CC2)c1. The van der Waals surface area contributed by atoms with E-state index in [9.17, 15) is 10.1 Å². The van der Waals surface area contributed by atoms with Crippen molar-refractivity contribution in [3.8, 4) is 0 Å². The average molecular weight is 289 g/mol. The van der Waals surface area contributed by atoms with Crippen molar-refractivity contribution in [1.29, 1.82) is 0 Å². The van der Waals surface area contributed by atoms with Gasteiger partial charge in [0.25, 0.3) is 5.69 Å². The lowest BCUT2D eigenvalue weighted by Crippen LogP contribution is -2.44. The number of nitro groups is 1. The maximum Gasteiger partial charge on any atom is 0.269 e. The third-order valence-corrected chi connectivity index (χ3v) is 4.44. The van der Waals surface area contributed by atoms with Crippen molar-refractivity contribution >= 4 is 5.69 Å².